The molecule has 0 saturated heterocycles. The standard InChI is InChI=1S/C18H14ClF6N5O/c1-10-15(19)16(18(23,24)25)28-30(10)9-14(31)27-13-6-26-29(8-13)7-11-3-2-4-12(5-11)17(20,21)22/h2-6,8H,7,9H2,1H3,(H,27,31). The molecule has 13 heteroatoms. The summed E-state index contributed by atoms with van der Waals surface area (Å²) in [6, 6.07) is 4.71. The molecule has 3 aromatic rings. The summed E-state index contributed by atoms with van der Waals surface area (Å²) in [5.41, 5.74) is -1.55. The highest BCUT2D eigenvalue weighted by atomic mass is 35.5. The number of hydrogen-bond donors (Lipinski definition) is 1. The molecule has 0 saturated carbocycles. The van der Waals surface area contributed by atoms with Crippen LogP contribution in [0.25, 0.3) is 0 Å². The molecule has 0 unspecified atom stereocenters. The number of benzene rings is 1. The highest BCUT2D eigenvalue weighted by Gasteiger charge is 2.38. The molecule has 31 heavy (non-hydrogen) atoms. The summed E-state index contributed by atoms with van der Waals surface area (Å²) in [4.78, 5) is 12.2. The lowest BCUT2D eigenvalue weighted by Gasteiger charge is -2.08. The lowest BCUT2D eigenvalue weighted by molar-refractivity contribution is -0.141. The van der Waals surface area contributed by atoms with E-state index in [0.717, 1.165) is 16.8 Å². The Morgan fingerprint density at radius 2 is 1.87 bits per heavy atom. The second kappa shape index (κ2) is 8.25. The van der Waals surface area contributed by atoms with Crippen LogP contribution in [-0.4, -0.2) is 25.5 Å². The van der Waals surface area contributed by atoms with E-state index in [0.29, 0.717) is 5.56 Å². The van der Waals surface area contributed by atoms with Crippen LogP contribution < -0.4 is 5.32 Å². The Balaban J connectivity index is 1.66. The fraction of sp³-hybridized carbons (Fsp3) is 0.278. The molecule has 166 valence electrons. The quantitative estimate of drug-likeness (QED) is 0.552. The van der Waals surface area contributed by atoms with E-state index in [2.05, 4.69) is 15.5 Å². The molecule has 0 aliphatic heterocycles. The number of rotatable bonds is 5. The van der Waals surface area contributed by atoms with Crippen molar-refractivity contribution in [3.63, 3.8) is 0 Å². The number of carbonyl (C=O) groups excluding carboxylic acids is 1. The van der Waals surface area contributed by atoms with Gasteiger partial charge in [0.2, 0.25) is 5.91 Å². The first-order valence-electron chi connectivity index (χ1n) is 8.63. The average Bonchev–Trinajstić information content (AvgIpc) is 3.20. The van der Waals surface area contributed by atoms with E-state index < -0.39 is 41.1 Å². The van der Waals surface area contributed by atoms with Crippen LogP contribution in [0.2, 0.25) is 5.02 Å². The molecule has 0 fully saturated rings. The minimum atomic E-state index is -4.76. The van der Waals surface area contributed by atoms with Crippen LogP contribution in [0.5, 0.6) is 0 Å². The Bertz CT molecular complexity index is 1100. The fourth-order valence-electron chi connectivity index (χ4n) is 2.74. The van der Waals surface area contributed by atoms with Gasteiger partial charge < -0.3 is 5.32 Å². The van der Waals surface area contributed by atoms with Crippen LogP contribution in [0.1, 0.15) is 22.5 Å². The highest BCUT2D eigenvalue weighted by Crippen LogP contribution is 2.35. The molecule has 0 radical (unpaired) electrons. The third-order valence-corrected chi connectivity index (χ3v) is 4.66. The van der Waals surface area contributed by atoms with Gasteiger partial charge in [0.05, 0.1) is 34.7 Å². The van der Waals surface area contributed by atoms with Crippen LogP contribution in [0.15, 0.2) is 36.7 Å². The maximum Gasteiger partial charge on any atom is 0.436 e. The number of amides is 1. The van der Waals surface area contributed by atoms with Gasteiger partial charge in [-0.1, -0.05) is 23.7 Å². The van der Waals surface area contributed by atoms with E-state index in [1.165, 1.54) is 36.1 Å². The topological polar surface area (TPSA) is 64.7 Å². The smallest absolute Gasteiger partial charge is 0.322 e. The third-order valence-electron chi connectivity index (χ3n) is 4.21. The lowest BCUT2D eigenvalue weighted by atomic mass is 10.1. The van der Waals surface area contributed by atoms with E-state index in [-0.39, 0.29) is 17.9 Å². The van der Waals surface area contributed by atoms with Crippen LogP contribution in [0.4, 0.5) is 32.0 Å². The molecule has 2 heterocycles. The normalized spacial score (nSPS) is 12.3. The van der Waals surface area contributed by atoms with E-state index in [1.807, 2.05) is 0 Å². The first kappa shape index (κ1) is 22.7. The number of carbonyl (C=O) groups is 1. The van der Waals surface area contributed by atoms with Crippen LogP contribution in [0.3, 0.4) is 0 Å². The van der Waals surface area contributed by atoms with E-state index in [4.69, 9.17) is 11.6 Å². The van der Waals surface area contributed by atoms with E-state index >= 15 is 0 Å². The van der Waals surface area contributed by atoms with Crippen molar-refractivity contribution in [1.29, 1.82) is 0 Å². The number of anilines is 1. The van der Waals surface area contributed by atoms with Crippen molar-refractivity contribution in [2.75, 3.05) is 5.32 Å². The molecule has 0 aliphatic carbocycles. The van der Waals surface area contributed by atoms with Crippen LogP contribution in [-0.2, 0) is 30.2 Å². The van der Waals surface area contributed by atoms with Crippen molar-refractivity contribution in [3.8, 4) is 0 Å². The molecule has 1 aromatic carbocycles. The Morgan fingerprint density at radius 3 is 2.48 bits per heavy atom. The Kier molecular flexibility index (Phi) is 6.03. The van der Waals surface area contributed by atoms with Crippen molar-refractivity contribution in [3.05, 3.63) is 64.2 Å². The average molecular weight is 466 g/mol. The predicted octanol–water partition coefficient (Wildman–Crippen LogP) is 4.77. The predicted molar refractivity (Wildman–Crippen MR) is 98.4 cm³/mol. The summed E-state index contributed by atoms with van der Waals surface area (Å²) < 4.78 is 79.1. The lowest BCUT2D eigenvalue weighted by Crippen LogP contribution is -2.20. The number of hydrogen-bond acceptors (Lipinski definition) is 3. The summed E-state index contributed by atoms with van der Waals surface area (Å²) in [5.74, 6) is -0.686. The zero-order valence-corrected chi connectivity index (χ0v) is 16.5. The summed E-state index contributed by atoms with van der Waals surface area (Å²) in [6.45, 7) is 0.786. The van der Waals surface area contributed by atoms with Gasteiger partial charge in [0, 0.05) is 6.20 Å². The first-order valence-corrected chi connectivity index (χ1v) is 9.01. The van der Waals surface area contributed by atoms with Crippen LogP contribution >= 0.6 is 11.6 Å². The Hall–Kier alpha value is -3.02. The maximum atomic E-state index is 12.9. The third kappa shape index (κ3) is 5.37. The number of halogens is 7. The molecule has 0 atom stereocenters. The number of aromatic nitrogens is 4. The molecular formula is C18H14ClF6N5O. The number of nitrogens with zero attached hydrogens (tertiary/aromatic N) is 4. The number of alkyl halides is 6. The molecule has 3 rings (SSSR count). The molecule has 0 bridgehead atoms. The second-order valence-corrected chi connectivity index (χ2v) is 6.95. The van der Waals surface area contributed by atoms with Crippen LogP contribution in [0, 0.1) is 6.92 Å². The van der Waals surface area contributed by atoms with E-state index in [1.54, 1.807) is 0 Å². The van der Waals surface area contributed by atoms with Gasteiger partial charge in [-0.2, -0.15) is 36.5 Å². The molecule has 2 aromatic heterocycles. The summed E-state index contributed by atoms with van der Waals surface area (Å²) in [6.07, 6.45) is -6.59. The van der Waals surface area contributed by atoms with Gasteiger partial charge in [0.25, 0.3) is 0 Å². The first-order chi connectivity index (χ1) is 14.3. The number of nitrogens with one attached hydrogen (secondary N) is 1. The molecule has 0 spiro atoms. The maximum absolute atomic E-state index is 12.9. The van der Waals surface area contributed by atoms with Gasteiger partial charge in [0.15, 0.2) is 5.69 Å². The summed E-state index contributed by atoms with van der Waals surface area (Å²) >= 11 is 5.64. The Labute approximate surface area is 176 Å². The van der Waals surface area contributed by atoms with Gasteiger partial charge >= 0.3 is 12.4 Å². The van der Waals surface area contributed by atoms with Gasteiger partial charge in [-0.05, 0) is 24.6 Å². The zero-order valence-electron chi connectivity index (χ0n) is 15.7. The van der Waals surface area contributed by atoms with Gasteiger partial charge in [-0.25, -0.2) is 0 Å². The second-order valence-electron chi connectivity index (χ2n) is 6.58. The SMILES string of the molecule is Cc1c(Cl)c(C(F)(F)F)nn1CC(=O)Nc1cnn(Cc2cccc(C(F)(F)F)c2)c1. The molecular weight excluding hydrogens is 452 g/mol. The highest BCUT2D eigenvalue weighted by molar-refractivity contribution is 6.32. The van der Waals surface area contributed by atoms with Crippen molar-refractivity contribution in [2.24, 2.45) is 0 Å². The van der Waals surface area contributed by atoms with Gasteiger partial charge in [0.1, 0.15) is 6.54 Å². The van der Waals surface area contributed by atoms with Gasteiger partial charge in [-0.3, -0.25) is 14.2 Å². The minimum Gasteiger partial charge on any atom is -0.322 e. The fourth-order valence-corrected chi connectivity index (χ4v) is 2.99. The largest absolute Gasteiger partial charge is 0.436 e. The molecule has 6 nitrogen and oxygen atoms in total. The molecule has 1 N–H and O–H groups in total. The van der Waals surface area contributed by atoms with Crippen molar-refractivity contribution in [2.45, 2.75) is 32.4 Å². The van der Waals surface area contributed by atoms with Crippen molar-refractivity contribution >= 4 is 23.2 Å². The van der Waals surface area contributed by atoms with Crippen molar-refractivity contribution in [1.82, 2.24) is 19.6 Å². The molecule has 1 amide bonds. The zero-order chi connectivity index (χ0) is 23.0. The molecule has 0 aliphatic rings. The minimum absolute atomic E-state index is 0.0165. The Morgan fingerprint density at radius 1 is 1.16 bits per heavy atom. The monoisotopic (exact) mass is 465 g/mol. The van der Waals surface area contributed by atoms with Crippen molar-refractivity contribution < 1.29 is 31.1 Å². The summed E-state index contributed by atoms with van der Waals surface area (Å²) in [7, 11) is 0. The summed E-state index contributed by atoms with van der Waals surface area (Å²) in [5, 5.41) is 9.15. The van der Waals surface area contributed by atoms with E-state index in [9.17, 15) is 31.1 Å². The van der Waals surface area contributed by atoms with Gasteiger partial charge in [-0.15, -0.1) is 0 Å².